The molecule has 0 aliphatic carbocycles. The van der Waals surface area contributed by atoms with Crippen molar-refractivity contribution in [2.75, 3.05) is 30.3 Å². The first kappa shape index (κ1) is 19.9. The molecular weight excluding hydrogens is 384 g/mol. The van der Waals surface area contributed by atoms with E-state index in [0.717, 1.165) is 17.8 Å². The summed E-state index contributed by atoms with van der Waals surface area (Å²) in [4.78, 5) is 11.5. The Morgan fingerprint density at radius 2 is 2.10 bits per heavy atom. The standard InChI is InChI=1S/C22H27ClN6/c1-15-7-8-18(11-17(15)12-24)27-22-26-14-19(23)21(28-22)25-13-16-5-4-10-29-9-3-2-6-20(16)29/h7-8,11,14,16,20H,2-6,9-10,13H2,1H3,(H2,25,26,27,28). The normalized spacial score (nSPS) is 21.8. The summed E-state index contributed by atoms with van der Waals surface area (Å²) >= 11 is 6.35. The first-order chi connectivity index (χ1) is 14.1. The van der Waals surface area contributed by atoms with Crippen LogP contribution in [0.5, 0.6) is 0 Å². The van der Waals surface area contributed by atoms with Crippen LogP contribution in [0.25, 0.3) is 0 Å². The molecule has 2 aliphatic rings. The van der Waals surface area contributed by atoms with Crippen LogP contribution in [0.4, 0.5) is 17.5 Å². The average Bonchev–Trinajstić information content (AvgIpc) is 2.75. The number of benzene rings is 1. The Morgan fingerprint density at radius 1 is 1.24 bits per heavy atom. The summed E-state index contributed by atoms with van der Waals surface area (Å²) in [6.07, 6.45) is 8.10. The van der Waals surface area contributed by atoms with Gasteiger partial charge in [-0.2, -0.15) is 10.2 Å². The lowest BCUT2D eigenvalue weighted by atomic mass is 9.83. The van der Waals surface area contributed by atoms with Crippen molar-refractivity contribution in [1.82, 2.24) is 14.9 Å². The average molecular weight is 411 g/mol. The van der Waals surface area contributed by atoms with Crippen LogP contribution in [0.1, 0.15) is 43.2 Å². The summed E-state index contributed by atoms with van der Waals surface area (Å²) in [5.41, 5.74) is 2.36. The fourth-order valence-corrected chi connectivity index (χ4v) is 4.70. The Bertz CT molecular complexity index is 907. The second-order valence-electron chi connectivity index (χ2n) is 8.04. The number of aryl methyl sites for hydroxylation is 1. The van der Waals surface area contributed by atoms with Crippen LogP contribution in [0.15, 0.2) is 24.4 Å². The van der Waals surface area contributed by atoms with E-state index in [9.17, 15) is 5.26 Å². The molecule has 0 spiro atoms. The van der Waals surface area contributed by atoms with Crippen molar-refractivity contribution >= 4 is 29.1 Å². The fourth-order valence-electron chi connectivity index (χ4n) is 4.54. The highest BCUT2D eigenvalue weighted by Gasteiger charge is 2.32. The lowest BCUT2D eigenvalue weighted by Crippen LogP contribution is -2.49. The number of nitriles is 1. The molecule has 0 saturated carbocycles. The number of nitrogens with zero attached hydrogens (tertiary/aromatic N) is 4. The van der Waals surface area contributed by atoms with E-state index in [1.807, 2.05) is 19.1 Å². The van der Waals surface area contributed by atoms with E-state index in [4.69, 9.17) is 11.6 Å². The van der Waals surface area contributed by atoms with Crippen molar-refractivity contribution < 1.29 is 0 Å². The maximum absolute atomic E-state index is 9.23. The van der Waals surface area contributed by atoms with Gasteiger partial charge in [0.05, 0.1) is 17.8 Å². The first-order valence-electron chi connectivity index (χ1n) is 10.4. The van der Waals surface area contributed by atoms with Gasteiger partial charge in [-0.1, -0.05) is 24.1 Å². The number of anilines is 3. The number of rotatable bonds is 5. The zero-order valence-electron chi connectivity index (χ0n) is 16.8. The summed E-state index contributed by atoms with van der Waals surface area (Å²) in [7, 11) is 0. The van der Waals surface area contributed by atoms with Gasteiger partial charge < -0.3 is 15.5 Å². The highest BCUT2D eigenvalue weighted by molar-refractivity contribution is 6.32. The molecule has 2 aliphatic heterocycles. The monoisotopic (exact) mass is 410 g/mol. The molecule has 7 heteroatoms. The van der Waals surface area contributed by atoms with Crippen molar-refractivity contribution in [2.45, 2.75) is 45.1 Å². The van der Waals surface area contributed by atoms with Gasteiger partial charge in [0.1, 0.15) is 5.02 Å². The quantitative estimate of drug-likeness (QED) is 0.741. The predicted molar refractivity (Wildman–Crippen MR) is 117 cm³/mol. The van der Waals surface area contributed by atoms with E-state index in [2.05, 4.69) is 31.6 Å². The third-order valence-corrected chi connectivity index (χ3v) is 6.40. The number of hydrogen-bond acceptors (Lipinski definition) is 6. The van der Waals surface area contributed by atoms with Crippen LogP contribution < -0.4 is 10.6 Å². The molecule has 0 radical (unpaired) electrons. The van der Waals surface area contributed by atoms with E-state index in [-0.39, 0.29) is 0 Å². The zero-order chi connectivity index (χ0) is 20.2. The first-order valence-corrected chi connectivity index (χ1v) is 10.8. The summed E-state index contributed by atoms with van der Waals surface area (Å²) in [6.45, 7) is 5.28. The van der Waals surface area contributed by atoms with Gasteiger partial charge in [-0.05, 0) is 69.3 Å². The van der Waals surface area contributed by atoms with E-state index >= 15 is 0 Å². The molecule has 2 atom stereocenters. The molecule has 2 saturated heterocycles. The third kappa shape index (κ3) is 4.63. The Balaban J connectivity index is 1.44. The van der Waals surface area contributed by atoms with Gasteiger partial charge in [0, 0.05) is 18.3 Å². The molecule has 29 heavy (non-hydrogen) atoms. The molecule has 0 amide bonds. The minimum Gasteiger partial charge on any atom is -0.368 e. The van der Waals surface area contributed by atoms with Crippen molar-refractivity contribution in [2.24, 2.45) is 5.92 Å². The van der Waals surface area contributed by atoms with Crippen molar-refractivity contribution in [3.05, 3.63) is 40.5 Å². The van der Waals surface area contributed by atoms with E-state index < -0.39 is 0 Å². The van der Waals surface area contributed by atoms with Crippen LogP contribution in [0, 0.1) is 24.2 Å². The van der Waals surface area contributed by atoms with Gasteiger partial charge in [0.2, 0.25) is 5.95 Å². The van der Waals surface area contributed by atoms with Gasteiger partial charge >= 0.3 is 0 Å². The van der Waals surface area contributed by atoms with Gasteiger partial charge in [-0.15, -0.1) is 0 Å². The van der Waals surface area contributed by atoms with E-state index in [0.29, 0.717) is 34.3 Å². The van der Waals surface area contributed by atoms with Crippen molar-refractivity contribution in [3.63, 3.8) is 0 Å². The minimum atomic E-state index is 0.465. The molecule has 1 aromatic carbocycles. The number of piperidine rings is 2. The van der Waals surface area contributed by atoms with E-state index in [1.165, 1.54) is 45.2 Å². The molecule has 2 aromatic rings. The zero-order valence-corrected chi connectivity index (χ0v) is 17.5. The third-order valence-electron chi connectivity index (χ3n) is 6.12. The second kappa shape index (κ2) is 8.98. The Morgan fingerprint density at radius 3 is 2.97 bits per heavy atom. The molecule has 6 nitrogen and oxygen atoms in total. The van der Waals surface area contributed by atoms with Crippen LogP contribution in [-0.2, 0) is 0 Å². The summed E-state index contributed by atoms with van der Waals surface area (Å²) < 4.78 is 0. The van der Waals surface area contributed by atoms with Crippen LogP contribution in [-0.4, -0.2) is 40.5 Å². The molecule has 0 bridgehead atoms. The number of hydrogen-bond donors (Lipinski definition) is 2. The van der Waals surface area contributed by atoms with Gasteiger partial charge in [0.15, 0.2) is 5.82 Å². The number of aromatic nitrogens is 2. The van der Waals surface area contributed by atoms with E-state index in [1.54, 1.807) is 12.3 Å². The lowest BCUT2D eigenvalue weighted by Gasteiger charge is -2.44. The summed E-state index contributed by atoms with van der Waals surface area (Å²) in [6, 6.07) is 8.52. The lowest BCUT2D eigenvalue weighted by molar-refractivity contribution is 0.0649. The molecule has 2 N–H and O–H groups in total. The highest BCUT2D eigenvalue weighted by atomic mass is 35.5. The summed E-state index contributed by atoms with van der Waals surface area (Å²) in [5.74, 6) is 1.75. The molecule has 152 valence electrons. The van der Waals surface area contributed by atoms with Gasteiger partial charge in [-0.25, -0.2) is 4.98 Å². The van der Waals surface area contributed by atoms with Gasteiger partial charge in [0.25, 0.3) is 0 Å². The smallest absolute Gasteiger partial charge is 0.229 e. The number of halogens is 1. The number of nitrogens with one attached hydrogen (secondary N) is 2. The molecule has 4 rings (SSSR count). The Labute approximate surface area is 177 Å². The van der Waals surface area contributed by atoms with Crippen LogP contribution in [0.2, 0.25) is 5.02 Å². The van der Waals surface area contributed by atoms with Crippen molar-refractivity contribution in [1.29, 1.82) is 5.26 Å². The van der Waals surface area contributed by atoms with Crippen LogP contribution in [0.3, 0.4) is 0 Å². The van der Waals surface area contributed by atoms with Gasteiger partial charge in [-0.3, -0.25) is 0 Å². The maximum atomic E-state index is 9.23. The second-order valence-corrected chi connectivity index (χ2v) is 8.45. The fraction of sp³-hybridized carbons (Fsp3) is 0.500. The molecular formula is C22H27ClN6. The SMILES string of the molecule is Cc1ccc(Nc2ncc(Cl)c(NCC3CCCN4CCCCC34)n2)cc1C#N. The minimum absolute atomic E-state index is 0.465. The molecule has 1 aromatic heterocycles. The Hall–Kier alpha value is -2.36. The molecule has 3 heterocycles. The Kier molecular flexibility index (Phi) is 6.17. The highest BCUT2D eigenvalue weighted by Crippen LogP contribution is 2.31. The topological polar surface area (TPSA) is 76.9 Å². The largest absolute Gasteiger partial charge is 0.368 e. The molecule has 2 unspecified atom stereocenters. The maximum Gasteiger partial charge on any atom is 0.229 e. The summed E-state index contributed by atoms with van der Waals surface area (Å²) in [5, 5.41) is 16.4. The molecule has 2 fully saturated rings. The number of fused-ring (bicyclic) bond motifs is 1. The van der Waals surface area contributed by atoms with Crippen molar-refractivity contribution in [3.8, 4) is 6.07 Å². The predicted octanol–water partition coefficient (Wildman–Crippen LogP) is 4.73. The van der Waals surface area contributed by atoms with Crippen LogP contribution >= 0.6 is 11.6 Å².